The SMILES string of the molecule is COc1cccc(C#N)c1NC(=O)NC1CCC1. The molecule has 0 heterocycles. The molecule has 1 fully saturated rings. The molecule has 0 saturated heterocycles. The van der Waals surface area contributed by atoms with E-state index in [1.165, 1.54) is 7.11 Å². The molecule has 2 N–H and O–H groups in total. The summed E-state index contributed by atoms with van der Waals surface area (Å²) in [5.41, 5.74) is 0.803. The molecule has 0 aromatic heterocycles. The Hall–Kier alpha value is -2.22. The van der Waals surface area contributed by atoms with Gasteiger partial charge in [-0.15, -0.1) is 0 Å². The lowest BCUT2D eigenvalue weighted by atomic mass is 9.93. The fraction of sp³-hybridized carbons (Fsp3) is 0.385. The van der Waals surface area contributed by atoms with Gasteiger partial charge in [0, 0.05) is 6.04 Å². The zero-order valence-corrected chi connectivity index (χ0v) is 10.2. The normalized spacial score (nSPS) is 14.2. The van der Waals surface area contributed by atoms with E-state index in [2.05, 4.69) is 10.6 Å². The highest BCUT2D eigenvalue weighted by Gasteiger charge is 2.20. The Morgan fingerprint density at radius 3 is 2.83 bits per heavy atom. The third-order valence-corrected chi connectivity index (χ3v) is 3.05. The van der Waals surface area contributed by atoms with Gasteiger partial charge in [-0.05, 0) is 31.4 Å². The number of nitrogens with zero attached hydrogens (tertiary/aromatic N) is 1. The number of hydrogen-bond acceptors (Lipinski definition) is 3. The number of benzene rings is 1. The number of methoxy groups -OCH3 is 1. The molecule has 2 amide bonds. The van der Waals surface area contributed by atoms with Gasteiger partial charge in [-0.25, -0.2) is 4.79 Å². The van der Waals surface area contributed by atoms with Gasteiger partial charge in [0.1, 0.15) is 17.5 Å². The van der Waals surface area contributed by atoms with Crippen LogP contribution in [-0.4, -0.2) is 19.2 Å². The van der Waals surface area contributed by atoms with Crippen LogP contribution in [0.25, 0.3) is 0 Å². The van der Waals surface area contributed by atoms with Gasteiger partial charge in [0.05, 0.1) is 12.7 Å². The number of nitriles is 1. The van der Waals surface area contributed by atoms with Crippen molar-refractivity contribution in [2.45, 2.75) is 25.3 Å². The van der Waals surface area contributed by atoms with E-state index in [1.54, 1.807) is 18.2 Å². The number of hydrogen-bond donors (Lipinski definition) is 2. The van der Waals surface area contributed by atoms with Gasteiger partial charge >= 0.3 is 6.03 Å². The lowest BCUT2D eigenvalue weighted by Gasteiger charge is -2.26. The third kappa shape index (κ3) is 2.54. The molecule has 94 valence electrons. The molecule has 0 atom stereocenters. The molecule has 0 bridgehead atoms. The molecular weight excluding hydrogens is 230 g/mol. The van der Waals surface area contributed by atoms with Crippen LogP contribution in [0, 0.1) is 11.3 Å². The van der Waals surface area contributed by atoms with E-state index in [9.17, 15) is 4.79 Å². The molecule has 1 aliphatic carbocycles. The van der Waals surface area contributed by atoms with E-state index in [0.29, 0.717) is 17.0 Å². The second-order valence-electron chi connectivity index (χ2n) is 4.22. The summed E-state index contributed by atoms with van der Waals surface area (Å²) < 4.78 is 5.14. The molecule has 0 radical (unpaired) electrons. The first kappa shape index (κ1) is 12.2. The van der Waals surface area contributed by atoms with Crippen molar-refractivity contribution in [3.05, 3.63) is 23.8 Å². The second-order valence-corrected chi connectivity index (χ2v) is 4.22. The maximum atomic E-state index is 11.8. The molecule has 2 rings (SSSR count). The molecule has 5 heteroatoms. The van der Waals surface area contributed by atoms with Crippen molar-refractivity contribution in [3.8, 4) is 11.8 Å². The van der Waals surface area contributed by atoms with Crippen LogP contribution in [0.1, 0.15) is 24.8 Å². The van der Waals surface area contributed by atoms with E-state index < -0.39 is 0 Å². The fourth-order valence-corrected chi connectivity index (χ4v) is 1.81. The van der Waals surface area contributed by atoms with Gasteiger partial charge in [-0.2, -0.15) is 5.26 Å². The quantitative estimate of drug-likeness (QED) is 0.857. The van der Waals surface area contributed by atoms with Gasteiger partial charge in [0.2, 0.25) is 0 Å². The molecule has 1 saturated carbocycles. The number of carbonyl (C=O) groups is 1. The summed E-state index contributed by atoms with van der Waals surface area (Å²) in [5, 5.41) is 14.5. The Morgan fingerprint density at radius 1 is 1.50 bits per heavy atom. The molecule has 1 aromatic rings. The lowest BCUT2D eigenvalue weighted by Crippen LogP contribution is -2.42. The van der Waals surface area contributed by atoms with E-state index in [0.717, 1.165) is 19.3 Å². The Kier molecular flexibility index (Phi) is 3.68. The number of carbonyl (C=O) groups excluding carboxylic acids is 1. The number of rotatable bonds is 3. The highest BCUT2D eigenvalue weighted by molar-refractivity contribution is 5.92. The highest BCUT2D eigenvalue weighted by atomic mass is 16.5. The van der Waals surface area contributed by atoms with Crippen molar-refractivity contribution in [3.63, 3.8) is 0 Å². The minimum Gasteiger partial charge on any atom is -0.495 e. The highest BCUT2D eigenvalue weighted by Crippen LogP contribution is 2.28. The third-order valence-electron chi connectivity index (χ3n) is 3.05. The number of para-hydroxylation sites is 1. The van der Waals surface area contributed by atoms with Crippen LogP contribution in [0.3, 0.4) is 0 Å². The lowest BCUT2D eigenvalue weighted by molar-refractivity contribution is 0.240. The number of nitrogens with one attached hydrogen (secondary N) is 2. The first-order valence-corrected chi connectivity index (χ1v) is 5.89. The van der Waals surface area contributed by atoms with Crippen LogP contribution in [0.2, 0.25) is 0 Å². The minimum absolute atomic E-state index is 0.255. The maximum absolute atomic E-state index is 11.8. The first-order chi connectivity index (χ1) is 8.74. The number of ether oxygens (including phenoxy) is 1. The van der Waals surface area contributed by atoms with Gasteiger partial charge in [-0.3, -0.25) is 0 Å². The Balaban J connectivity index is 2.11. The van der Waals surface area contributed by atoms with Crippen LogP contribution in [-0.2, 0) is 0 Å². The summed E-state index contributed by atoms with van der Waals surface area (Å²) in [6.07, 6.45) is 3.19. The number of urea groups is 1. The van der Waals surface area contributed by atoms with Crippen molar-refractivity contribution in [2.24, 2.45) is 0 Å². The molecule has 1 aromatic carbocycles. The van der Waals surface area contributed by atoms with E-state index in [1.807, 2.05) is 6.07 Å². The van der Waals surface area contributed by atoms with Gasteiger partial charge in [-0.1, -0.05) is 6.07 Å². The van der Waals surface area contributed by atoms with Gasteiger partial charge in [0.15, 0.2) is 0 Å². The van der Waals surface area contributed by atoms with E-state index in [-0.39, 0.29) is 12.1 Å². The summed E-state index contributed by atoms with van der Waals surface area (Å²) in [5.74, 6) is 0.484. The zero-order valence-electron chi connectivity index (χ0n) is 10.2. The standard InChI is InChI=1S/C13H15N3O2/c1-18-11-7-2-4-9(8-14)12(11)16-13(17)15-10-5-3-6-10/h2,4,7,10H,3,5-6H2,1H3,(H2,15,16,17). The van der Waals surface area contributed by atoms with Crippen molar-refractivity contribution in [1.29, 1.82) is 5.26 Å². The Morgan fingerprint density at radius 2 is 2.28 bits per heavy atom. The molecule has 18 heavy (non-hydrogen) atoms. The van der Waals surface area contributed by atoms with Gasteiger partial charge in [0.25, 0.3) is 0 Å². The van der Waals surface area contributed by atoms with E-state index in [4.69, 9.17) is 10.00 Å². The van der Waals surface area contributed by atoms with Crippen LogP contribution in [0.15, 0.2) is 18.2 Å². The van der Waals surface area contributed by atoms with Crippen LogP contribution < -0.4 is 15.4 Å². The predicted molar refractivity (Wildman–Crippen MR) is 67.5 cm³/mol. The molecule has 0 aliphatic heterocycles. The van der Waals surface area contributed by atoms with Gasteiger partial charge < -0.3 is 15.4 Å². The van der Waals surface area contributed by atoms with Crippen molar-refractivity contribution in [1.82, 2.24) is 5.32 Å². The molecule has 5 nitrogen and oxygen atoms in total. The number of anilines is 1. The Labute approximate surface area is 106 Å². The maximum Gasteiger partial charge on any atom is 0.319 e. The second kappa shape index (κ2) is 5.41. The zero-order chi connectivity index (χ0) is 13.0. The monoisotopic (exact) mass is 245 g/mol. The average molecular weight is 245 g/mol. The van der Waals surface area contributed by atoms with Crippen molar-refractivity contribution < 1.29 is 9.53 Å². The first-order valence-electron chi connectivity index (χ1n) is 5.89. The average Bonchev–Trinajstić information content (AvgIpc) is 2.34. The van der Waals surface area contributed by atoms with Crippen molar-refractivity contribution >= 4 is 11.7 Å². The van der Waals surface area contributed by atoms with Crippen LogP contribution >= 0.6 is 0 Å². The smallest absolute Gasteiger partial charge is 0.319 e. The summed E-state index contributed by atoms with van der Waals surface area (Å²) in [6, 6.07) is 7.06. The van der Waals surface area contributed by atoms with E-state index >= 15 is 0 Å². The summed E-state index contributed by atoms with van der Waals surface area (Å²) in [4.78, 5) is 11.8. The topological polar surface area (TPSA) is 74.1 Å². The minimum atomic E-state index is -0.291. The fourth-order valence-electron chi connectivity index (χ4n) is 1.81. The molecule has 0 unspecified atom stereocenters. The molecule has 1 aliphatic rings. The predicted octanol–water partition coefficient (Wildman–Crippen LogP) is 2.24. The summed E-state index contributed by atoms with van der Waals surface area (Å²) in [6.45, 7) is 0. The van der Waals surface area contributed by atoms with Crippen LogP contribution in [0.5, 0.6) is 5.75 Å². The molecular formula is C13H15N3O2. The number of amides is 2. The molecule has 0 spiro atoms. The summed E-state index contributed by atoms with van der Waals surface area (Å²) in [7, 11) is 1.51. The largest absolute Gasteiger partial charge is 0.495 e. The van der Waals surface area contributed by atoms with Crippen molar-refractivity contribution in [2.75, 3.05) is 12.4 Å². The summed E-state index contributed by atoms with van der Waals surface area (Å²) >= 11 is 0. The Bertz CT molecular complexity index is 489. The van der Waals surface area contributed by atoms with Crippen LogP contribution in [0.4, 0.5) is 10.5 Å².